The maximum Gasteiger partial charge on any atom is 0.244 e. The van der Waals surface area contributed by atoms with E-state index in [4.69, 9.17) is 4.74 Å². The highest BCUT2D eigenvalue weighted by Gasteiger charge is 2.50. The van der Waals surface area contributed by atoms with Gasteiger partial charge in [0.2, 0.25) is 5.91 Å². The molecule has 26 heavy (non-hydrogen) atoms. The van der Waals surface area contributed by atoms with E-state index in [1.807, 2.05) is 41.5 Å². The SMILES string of the molecule is COc1cccc(CN2C[C@@H]3C[C@H]2C(=O)N3c2ccccc2SC)c1O. The minimum Gasteiger partial charge on any atom is -0.504 e. The highest BCUT2D eigenvalue weighted by Crippen LogP contribution is 2.41. The molecule has 0 saturated carbocycles. The lowest BCUT2D eigenvalue weighted by Gasteiger charge is -2.34. The van der Waals surface area contributed by atoms with Crippen molar-refractivity contribution in [2.45, 2.75) is 29.9 Å². The zero-order chi connectivity index (χ0) is 18.3. The van der Waals surface area contributed by atoms with Gasteiger partial charge in [0.1, 0.15) is 0 Å². The Balaban J connectivity index is 1.55. The van der Waals surface area contributed by atoms with Gasteiger partial charge < -0.3 is 14.7 Å². The Bertz CT molecular complexity index is 842. The summed E-state index contributed by atoms with van der Waals surface area (Å²) in [5.74, 6) is 0.786. The monoisotopic (exact) mass is 370 g/mol. The first-order valence-electron chi connectivity index (χ1n) is 8.69. The maximum atomic E-state index is 13.0. The largest absolute Gasteiger partial charge is 0.504 e. The molecule has 136 valence electrons. The molecule has 0 unspecified atom stereocenters. The molecule has 2 aliphatic rings. The summed E-state index contributed by atoms with van der Waals surface area (Å²) in [6, 6.07) is 13.6. The van der Waals surface area contributed by atoms with Crippen molar-refractivity contribution in [3.05, 3.63) is 48.0 Å². The van der Waals surface area contributed by atoms with Crippen LogP contribution in [0.1, 0.15) is 12.0 Å². The van der Waals surface area contributed by atoms with Gasteiger partial charge in [-0.3, -0.25) is 9.69 Å². The molecule has 2 bridgehead atoms. The number of fused-ring (bicyclic) bond motifs is 2. The van der Waals surface area contributed by atoms with Gasteiger partial charge in [0, 0.05) is 23.5 Å². The number of benzene rings is 2. The number of nitrogens with zero attached hydrogens (tertiary/aromatic N) is 2. The average molecular weight is 370 g/mol. The van der Waals surface area contributed by atoms with Crippen LogP contribution in [-0.4, -0.2) is 47.9 Å². The molecular formula is C20H22N2O3S. The molecule has 1 amide bonds. The first kappa shape index (κ1) is 17.2. The lowest BCUT2D eigenvalue weighted by molar-refractivity contribution is -0.122. The Morgan fingerprint density at radius 3 is 2.77 bits per heavy atom. The molecule has 2 heterocycles. The topological polar surface area (TPSA) is 53.0 Å². The Morgan fingerprint density at radius 1 is 1.23 bits per heavy atom. The fourth-order valence-electron chi connectivity index (χ4n) is 4.06. The summed E-state index contributed by atoms with van der Waals surface area (Å²) >= 11 is 1.67. The van der Waals surface area contributed by atoms with Crippen LogP contribution in [0.2, 0.25) is 0 Å². The van der Waals surface area contributed by atoms with E-state index in [2.05, 4.69) is 11.0 Å². The zero-order valence-corrected chi connectivity index (χ0v) is 15.7. The lowest BCUT2D eigenvalue weighted by Crippen LogP contribution is -2.50. The van der Waals surface area contributed by atoms with Crippen LogP contribution in [-0.2, 0) is 11.3 Å². The van der Waals surface area contributed by atoms with Crippen LogP contribution in [0.3, 0.4) is 0 Å². The number of likely N-dealkylation sites (tertiary alicyclic amines) is 1. The second-order valence-corrected chi connectivity index (χ2v) is 7.53. The third kappa shape index (κ3) is 2.73. The normalized spacial score (nSPS) is 22.2. The van der Waals surface area contributed by atoms with Crippen LogP contribution in [0, 0.1) is 0 Å². The molecule has 2 aliphatic heterocycles. The average Bonchev–Trinajstić information content (AvgIpc) is 3.21. The quantitative estimate of drug-likeness (QED) is 0.820. The summed E-state index contributed by atoms with van der Waals surface area (Å²) in [5.41, 5.74) is 1.81. The molecule has 4 rings (SSSR count). The van der Waals surface area contributed by atoms with Crippen LogP contribution in [0.5, 0.6) is 11.5 Å². The van der Waals surface area contributed by atoms with Gasteiger partial charge in [0.15, 0.2) is 11.5 Å². The van der Waals surface area contributed by atoms with Crippen molar-refractivity contribution in [2.24, 2.45) is 0 Å². The fourth-order valence-corrected chi connectivity index (χ4v) is 4.65. The Labute approximate surface area is 157 Å². The molecule has 2 aromatic rings. The first-order chi connectivity index (χ1) is 12.6. The van der Waals surface area contributed by atoms with Gasteiger partial charge in [0.25, 0.3) is 0 Å². The number of thioether (sulfide) groups is 1. The number of phenols is 1. The molecule has 2 aromatic carbocycles. The molecule has 5 nitrogen and oxygen atoms in total. The van der Waals surface area contributed by atoms with Crippen molar-refractivity contribution in [3.63, 3.8) is 0 Å². The third-order valence-electron chi connectivity index (χ3n) is 5.29. The number of carbonyl (C=O) groups is 1. The molecule has 0 aliphatic carbocycles. The number of anilines is 1. The number of aromatic hydroxyl groups is 1. The number of phenolic OH excluding ortho intramolecular Hbond substituents is 1. The number of ether oxygens (including phenoxy) is 1. The Kier molecular flexibility index (Phi) is 4.54. The van der Waals surface area contributed by atoms with E-state index < -0.39 is 0 Å². The van der Waals surface area contributed by atoms with Crippen molar-refractivity contribution in [2.75, 3.05) is 24.8 Å². The summed E-state index contributed by atoms with van der Waals surface area (Å²) in [6.07, 6.45) is 2.88. The predicted molar refractivity (Wildman–Crippen MR) is 103 cm³/mol. The molecule has 0 radical (unpaired) electrons. The van der Waals surface area contributed by atoms with E-state index in [0.29, 0.717) is 12.3 Å². The molecule has 1 N–H and O–H groups in total. The standard InChI is InChI=1S/C20H22N2O3S/c1-25-17-8-5-6-13(19(17)23)11-21-12-14-10-16(21)20(24)22(14)15-7-3-4-9-18(15)26-2/h3-9,14,16,23H,10-12H2,1-2H3/t14-,16-/m0/s1. The number of piperazine rings is 1. The molecule has 2 fully saturated rings. The van der Waals surface area contributed by atoms with E-state index in [9.17, 15) is 9.90 Å². The molecule has 2 saturated heterocycles. The summed E-state index contributed by atoms with van der Waals surface area (Å²) in [6.45, 7) is 1.36. The summed E-state index contributed by atoms with van der Waals surface area (Å²) in [4.78, 5) is 18.3. The lowest BCUT2D eigenvalue weighted by atomic mass is 10.1. The van der Waals surface area contributed by atoms with E-state index in [0.717, 1.165) is 29.1 Å². The van der Waals surface area contributed by atoms with Gasteiger partial charge in [-0.05, 0) is 30.9 Å². The number of amides is 1. The van der Waals surface area contributed by atoms with Gasteiger partial charge >= 0.3 is 0 Å². The van der Waals surface area contributed by atoms with Crippen molar-refractivity contribution in [1.82, 2.24) is 4.90 Å². The number of rotatable bonds is 5. The van der Waals surface area contributed by atoms with Crippen LogP contribution < -0.4 is 9.64 Å². The second kappa shape index (κ2) is 6.85. The summed E-state index contributed by atoms with van der Waals surface area (Å²) < 4.78 is 5.19. The molecule has 0 spiro atoms. The number of para-hydroxylation sites is 2. The van der Waals surface area contributed by atoms with E-state index in [-0.39, 0.29) is 23.7 Å². The molecular weight excluding hydrogens is 348 g/mol. The number of carbonyl (C=O) groups excluding carboxylic acids is 1. The van der Waals surface area contributed by atoms with Crippen molar-refractivity contribution < 1.29 is 14.6 Å². The summed E-state index contributed by atoms with van der Waals surface area (Å²) in [5, 5.41) is 10.3. The highest BCUT2D eigenvalue weighted by molar-refractivity contribution is 7.98. The van der Waals surface area contributed by atoms with E-state index in [1.54, 1.807) is 24.9 Å². The van der Waals surface area contributed by atoms with Crippen molar-refractivity contribution in [3.8, 4) is 11.5 Å². The number of hydrogen-bond acceptors (Lipinski definition) is 5. The number of methoxy groups -OCH3 is 1. The first-order valence-corrected chi connectivity index (χ1v) is 9.91. The molecule has 0 aromatic heterocycles. The van der Waals surface area contributed by atoms with Gasteiger partial charge in [-0.15, -0.1) is 11.8 Å². The predicted octanol–water partition coefficient (Wildman–Crippen LogP) is 3.11. The fraction of sp³-hybridized carbons (Fsp3) is 0.350. The molecule has 6 heteroatoms. The van der Waals surface area contributed by atoms with Gasteiger partial charge in [-0.1, -0.05) is 24.3 Å². The second-order valence-electron chi connectivity index (χ2n) is 6.68. The summed E-state index contributed by atoms with van der Waals surface area (Å²) in [7, 11) is 1.54. The van der Waals surface area contributed by atoms with Gasteiger partial charge in [-0.25, -0.2) is 0 Å². The Hall–Kier alpha value is -2.18. The third-order valence-corrected chi connectivity index (χ3v) is 6.07. The minimum absolute atomic E-state index is 0.125. The number of hydrogen-bond donors (Lipinski definition) is 1. The zero-order valence-electron chi connectivity index (χ0n) is 14.9. The van der Waals surface area contributed by atoms with Crippen LogP contribution in [0.4, 0.5) is 5.69 Å². The van der Waals surface area contributed by atoms with E-state index in [1.165, 1.54) is 0 Å². The Morgan fingerprint density at radius 2 is 2.04 bits per heavy atom. The van der Waals surface area contributed by atoms with E-state index >= 15 is 0 Å². The smallest absolute Gasteiger partial charge is 0.244 e. The molecule has 2 atom stereocenters. The van der Waals surface area contributed by atoms with Crippen LogP contribution in [0.25, 0.3) is 0 Å². The van der Waals surface area contributed by atoms with Crippen molar-refractivity contribution in [1.29, 1.82) is 0 Å². The minimum atomic E-state index is -0.125. The van der Waals surface area contributed by atoms with Gasteiger partial charge in [0.05, 0.1) is 24.9 Å². The van der Waals surface area contributed by atoms with Crippen LogP contribution >= 0.6 is 11.8 Å². The van der Waals surface area contributed by atoms with Crippen molar-refractivity contribution >= 4 is 23.4 Å². The van der Waals surface area contributed by atoms with Gasteiger partial charge in [-0.2, -0.15) is 0 Å². The highest BCUT2D eigenvalue weighted by atomic mass is 32.2. The van der Waals surface area contributed by atoms with Crippen LogP contribution in [0.15, 0.2) is 47.4 Å². The maximum absolute atomic E-state index is 13.0.